The zero-order chi connectivity index (χ0) is 12.6. The first-order valence-electron chi connectivity index (χ1n) is 6.02. The van der Waals surface area contributed by atoms with Crippen molar-refractivity contribution in [3.8, 4) is 0 Å². The third-order valence-corrected chi connectivity index (χ3v) is 2.03. The Morgan fingerprint density at radius 3 is 2.44 bits per heavy atom. The summed E-state index contributed by atoms with van der Waals surface area (Å²) in [5.74, 6) is 0.0533. The van der Waals surface area contributed by atoms with Crippen LogP contribution >= 0.6 is 0 Å². The highest BCUT2D eigenvalue weighted by molar-refractivity contribution is 5.81. The fourth-order valence-corrected chi connectivity index (χ4v) is 1.13. The predicted molar refractivity (Wildman–Crippen MR) is 66.5 cm³/mol. The number of rotatable bonds is 7. The molecule has 0 rings (SSSR count). The molecule has 0 radical (unpaired) electrons. The number of carbonyl (C=O) groups is 1. The maximum atomic E-state index is 11.5. The zero-order valence-corrected chi connectivity index (χ0v) is 11.2. The van der Waals surface area contributed by atoms with Crippen molar-refractivity contribution in [2.45, 2.75) is 52.7 Å². The molecule has 0 spiro atoms. The SMILES string of the molecule is CCCNC(=O)C(C)NCCOC(C)(C)C. The number of amides is 1. The smallest absolute Gasteiger partial charge is 0.236 e. The normalized spacial score (nSPS) is 13.6. The van der Waals surface area contributed by atoms with Crippen molar-refractivity contribution in [2.75, 3.05) is 19.7 Å². The van der Waals surface area contributed by atoms with Crippen LogP contribution in [0.1, 0.15) is 41.0 Å². The van der Waals surface area contributed by atoms with E-state index >= 15 is 0 Å². The predicted octanol–water partition coefficient (Wildman–Crippen LogP) is 1.31. The molecule has 0 saturated heterocycles. The minimum absolute atomic E-state index is 0.0533. The summed E-state index contributed by atoms with van der Waals surface area (Å²) in [7, 11) is 0. The number of ether oxygens (including phenoxy) is 1. The molecule has 96 valence electrons. The Hall–Kier alpha value is -0.610. The van der Waals surface area contributed by atoms with Gasteiger partial charge in [0.05, 0.1) is 18.2 Å². The Kier molecular flexibility index (Phi) is 7.34. The summed E-state index contributed by atoms with van der Waals surface area (Å²) in [6.45, 7) is 12.0. The molecule has 0 aliphatic heterocycles. The second-order valence-corrected chi connectivity index (χ2v) is 4.93. The van der Waals surface area contributed by atoms with E-state index in [-0.39, 0.29) is 17.6 Å². The average molecular weight is 230 g/mol. The monoisotopic (exact) mass is 230 g/mol. The summed E-state index contributed by atoms with van der Waals surface area (Å²) in [6, 6.07) is -0.157. The van der Waals surface area contributed by atoms with E-state index < -0.39 is 0 Å². The molecule has 4 heteroatoms. The molecule has 0 aliphatic rings. The van der Waals surface area contributed by atoms with Crippen LogP contribution in [0.15, 0.2) is 0 Å². The molecule has 2 N–H and O–H groups in total. The third-order valence-electron chi connectivity index (χ3n) is 2.03. The van der Waals surface area contributed by atoms with Crippen molar-refractivity contribution < 1.29 is 9.53 Å². The van der Waals surface area contributed by atoms with Crippen molar-refractivity contribution in [1.29, 1.82) is 0 Å². The Balaban J connectivity index is 3.57. The minimum atomic E-state index is -0.157. The van der Waals surface area contributed by atoms with Gasteiger partial charge in [0.2, 0.25) is 5.91 Å². The zero-order valence-electron chi connectivity index (χ0n) is 11.2. The van der Waals surface area contributed by atoms with Crippen LogP contribution in [-0.2, 0) is 9.53 Å². The molecular weight excluding hydrogens is 204 g/mol. The lowest BCUT2D eigenvalue weighted by Gasteiger charge is -2.20. The van der Waals surface area contributed by atoms with Gasteiger partial charge in [-0.1, -0.05) is 6.92 Å². The van der Waals surface area contributed by atoms with Crippen LogP contribution < -0.4 is 10.6 Å². The van der Waals surface area contributed by atoms with Crippen LogP contribution in [0, 0.1) is 0 Å². The van der Waals surface area contributed by atoms with Crippen LogP contribution in [0.25, 0.3) is 0 Å². The summed E-state index contributed by atoms with van der Waals surface area (Å²) in [6.07, 6.45) is 0.964. The van der Waals surface area contributed by atoms with Gasteiger partial charge < -0.3 is 15.4 Å². The van der Waals surface area contributed by atoms with Crippen molar-refractivity contribution >= 4 is 5.91 Å². The highest BCUT2D eigenvalue weighted by atomic mass is 16.5. The van der Waals surface area contributed by atoms with E-state index in [2.05, 4.69) is 10.6 Å². The fourth-order valence-electron chi connectivity index (χ4n) is 1.13. The maximum absolute atomic E-state index is 11.5. The number of hydrogen-bond donors (Lipinski definition) is 2. The van der Waals surface area contributed by atoms with E-state index in [1.807, 2.05) is 34.6 Å². The van der Waals surface area contributed by atoms with Gasteiger partial charge in [0.15, 0.2) is 0 Å². The van der Waals surface area contributed by atoms with E-state index in [1.165, 1.54) is 0 Å². The van der Waals surface area contributed by atoms with Crippen LogP contribution in [0.4, 0.5) is 0 Å². The number of carbonyl (C=O) groups excluding carboxylic acids is 1. The molecule has 0 aromatic carbocycles. The molecule has 16 heavy (non-hydrogen) atoms. The lowest BCUT2D eigenvalue weighted by atomic mass is 10.2. The maximum Gasteiger partial charge on any atom is 0.236 e. The standard InChI is InChI=1S/C12H26N2O2/c1-6-7-14-11(15)10(2)13-8-9-16-12(3,4)5/h10,13H,6-9H2,1-5H3,(H,14,15). The molecule has 1 atom stereocenters. The molecule has 4 nitrogen and oxygen atoms in total. The molecular formula is C12H26N2O2. The topological polar surface area (TPSA) is 50.4 Å². The highest BCUT2D eigenvalue weighted by Crippen LogP contribution is 2.05. The Bertz CT molecular complexity index is 200. The first kappa shape index (κ1) is 15.4. The van der Waals surface area contributed by atoms with Gasteiger partial charge in [0, 0.05) is 13.1 Å². The average Bonchev–Trinajstić information content (AvgIpc) is 2.19. The van der Waals surface area contributed by atoms with Crippen LogP contribution in [0.5, 0.6) is 0 Å². The molecule has 0 aliphatic carbocycles. The van der Waals surface area contributed by atoms with Gasteiger partial charge in [0.25, 0.3) is 0 Å². The van der Waals surface area contributed by atoms with Crippen molar-refractivity contribution in [1.82, 2.24) is 10.6 Å². The Labute approximate surface area is 99.1 Å². The summed E-state index contributed by atoms with van der Waals surface area (Å²) >= 11 is 0. The van der Waals surface area contributed by atoms with Crippen LogP contribution in [-0.4, -0.2) is 37.2 Å². The van der Waals surface area contributed by atoms with E-state index in [1.54, 1.807) is 0 Å². The molecule has 1 unspecified atom stereocenters. The first-order valence-corrected chi connectivity index (χ1v) is 6.02. The molecule has 0 fully saturated rings. The third kappa shape index (κ3) is 8.68. The van der Waals surface area contributed by atoms with Gasteiger partial charge in [-0.25, -0.2) is 0 Å². The van der Waals surface area contributed by atoms with Crippen molar-refractivity contribution in [3.63, 3.8) is 0 Å². The van der Waals surface area contributed by atoms with E-state index in [0.717, 1.165) is 13.0 Å². The van der Waals surface area contributed by atoms with Crippen LogP contribution in [0.3, 0.4) is 0 Å². The summed E-state index contributed by atoms with van der Waals surface area (Å²) in [4.78, 5) is 11.5. The number of nitrogens with one attached hydrogen (secondary N) is 2. The quantitative estimate of drug-likeness (QED) is 0.648. The molecule has 0 heterocycles. The molecule has 0 saturated carbocycles. The first-order chi connectivity index (χ1) is 7.37. The lowest BCUT2D eigenvalue weighted by Crippen LogP contribution is -2.43. The van der Waals surface area contributed by atoms with Gasteiger partial charge in [-0.05, 0) is 34.1 Å². The van der Waals surface area contributed by atoms with Crippen molar-refractivity contribution in [3.05, 3.63) is 0 Å². The van der Waals surface area contributed by atoms with Gasteiger partial charge in [0.1, 0.15) is 0 Å². The second kappa shape index (κ2) is 7.63. The summed E-state index contributed by atoms with van der Waals surface area (Å²) in [5.41, 5.74) is -0.116. The van der Waals surface area contributed by atoms with Gasteiger partial charge >= 0.3 is 0 Å². The Morgan fingerprint density at radius 1 is 1.31 bits per heavy atom. The van der Waals surface area contributed by atoms with Crippen LogP contribution in [0.2, 0.25) is 0 Å². The second-order valence-electron chi connectivity index (χ2n) is 4.93. The van der Waals surface area contributed by atoms with E-state index in [4.69, 9.17) is 4.74 Å². The Morgan fingerprint density at radius 2 is 1.94 bits per heavy atom. The van der Waals surface area contributed by atoms with E-state index in [0.29, 0.717) is 13.2 Å². The van der Waals surface area contributed by atoms with Crippen molar-refractivity contribution in [2.24, 2.45) is 0 Å². The highest BCUT2D eigenvalue weighted by Gasteiger charge is 2.12. The molecule has 0 bridgehead atoms. The van der Waals surface area contributed by atoms with Gasteiger partial charge in [-0.2, -0.15) is 0 Å². The molecule has 0 aromatic heterocycles. The molecule has 0 aromatic rings. The fraction of sp³-hybridized carbons (Fsp3) is 0.917. The van der Waals surface area contributed by atoms with Gasteiger partial charge in [-0.3, -0.25) is 4.79 Å². The summed E-state index contributed by atoms with van der Waals surface area (Å²) < 4.78 is 5.55. The number of hydrogen-bond acceptors (Lipinski definition) is 3. The van der Waals surface area contributed by atoms with E-state index in [9.17, 15) is 4.79 Å². The largest absolute Gasteiger partial charge is 0.375 e. The minimum Gasteiger partial charge on any atom is -0.375 e. The summed E-state index contributed by atoms with van der Waals surface area (Å²) in [5, 5.41) is 5.97. The van der Waals surface area contributed by atoms with Gasteiger partial charge in [-0.15, -0.1) is 0 Å². The molecule has 1 amide bonds. The lowest BCUT2D eigenvalue weighted by molar-refractivity contribution is -0.122.